The molecule has 4 aliphatic rings. The molecule has 1 aromatic rings. The Morgan fingerprint density at radius 2 is 1.82 bits per heavy atom. The van der Waals surface area contributed by atoms with Crippen LogP contribution < -0.4 is 5.73 Å². The van der Waals surface area contributed by atoms with Gasteiger partial charge in [-0.15, -0.1) is 0 Å². The number of hydrogen-bond donors (Lipinski definition) is 6. The molecule has 6 atom stereocenters. The maximum absolute atomic E-state index is 13.7. The molecule has 0 aliphatic heterocycles. The van der Waals surface area contributed by atoms with Gasteiger partial charge in [0.25, 0.3) is 5.91 Å². The molecule has 0 spiro atoms. The molecule has 0 saturated heterocycles. The van der Waals surface area contributed by atoms with Crippen molar-refractivity contribution in [1.82, 2.24) is 0 Å². The summed E-state index contributed by atoms with van der Waals surface area (Å²) in [6.07, 6.45) is 3.52. The van der Waals surface area contributed by atoms with Gasteiger partial charge in [-0.1, -0.05) is 31.2 Å². The van der Waals surface area contributed by atoms with Crippen LogP contribution in [0.15, 0.2) is 46.9 Å². The second-order valence-electron chi connectivity index (χ2n) is 9.57. The second kappa shape index (κ2) is 7.28. The summed E-state index contributed by atoms with van der Waals surface area (Å²) < 4.78 is 0. The van der Waals surface area contributed by atoms with Crippen molar-refractivity contribution in [3.05, 3.63) is 63.6 Å². The van der Waals surface area contributed by atoms with Crippen LogP contribution in [0.5, 0.6) is 5.75 Å². The van der Waals surface area contributed by atoms with Crippen LogP contribution in [-0.2, 0) is 9.59 Å². The topological polar surface area (TPSA) is 178 Å². The van der Waals surface area contributed by atoms with Gasteiger partial charge in [0, 0.05) is 35.3 Å². The van der Waals surface area contributed by atoms with Gasteiger partial charge < -0.3 is 31.3 Å². The lowest BCUT2D eigenvalue weighted by Crippen LogP contribution is -2.62. The predicted octanol–water partition coefficient (Wildman–Crippen LogP) is 1.55. The van der Waals surface area contributed by atoms with Crippen molar-refractivity contribution in [2.24, 2.45) is 17.6 Å². The molecular formula is C25H25NO8. The maximum atomic E-state index is 13.7. The SMILES string of the molecule is C[C@H]1c2ccc(C3C=CCC3)c(O)c2C(=O)C2=C(O)[C@]3(O)C(=O)C(C(N)=O)=C(O)C[C@@H]3[C@@H](O)[C@@H]21. The van der Waals surface area contributed by atoms with E-state index >= 15 is 0 Å². The fraction of sp³-hybridized carbons (Fsp3) is 0.400. The van der Waals surface area contributed by atoms with Gasteiger partial charge in [-0.25, -0.2) is 0 Å². The molecular weight excluding hydrogens is 442 g/mol. The van der Waals surface area contributed by atoms with Gasteiger partial charge in [-0.05, 0) is 24.3 Å². The number of carbonyl (C=O) groups is 3. The molecule has 0 radical (unpaired) electrons. The summed E-state index contributed by atoms with van der Waals surface area (Å²) in [4.78, 5) is 38.5. The van der Waals surface area contributed by atoms with Crippen LogP contribution in [0.4, 0.5) is 0 Å². The van der Waals surface area contributed by atoms with Crippen LogP contribution >= 0.6 is 0 Å². The van der Waals surface area contributed by atoms with Crippen molar-refractivity contribution in [2.75, 3.05) is 0 Å². The normalized spacial score (nSPS) is 34.7. The number of primary amides is 1. The molecule has 4 aliphatic carbocycles. The number of hydrogen-bond acceptors (Lipinski definition) is 8. The Labute approximate surface area is 194 Å². The van der Waals surface area contributed by atoms with E-state index in [1.54, 1.807) is 19.1 Å². The number of aliphatic hydroxyl groups is 4. The average molecular weight is 467 g/mol. The number of allylic oxidation sites excluding steroid dienone is 3. The van der Waals surface area contributed by atoms with Crippen LogP contribution in [0.25, 0.3) is 0 Å². The Kier molecular flexibility index (Phi) is 4.79. The quantitative estimate of drug-likeness (QED) is 0.280. The molecule has 9 nitrogen and oxygen atoms in total. The van der Waals surface area contributed by atoms with Crippen LogP contribution in [-0.4, -0.2) is 54.7 Å². The summed E-state index contributed by atoms with van der Waals surface area (Å²) in [5, 5.41) is 55.0. The highest BCUT2D eigenvalue weighted by molar-refractivity contribution is 6.24. The largest absolute Gasteiger partial charge is 0.511 e. The number of phenols is 1. The smallest absolute Gasteiger partial charge is 0.255 e. The predicted molar refractivity (Wildman–Crippen MR) is 118 cm³/mol. The summed E-state index contributed by atoms with van der Waals surface area (Å²) in [5.41, 5.74) is 2.08. The minimum absolute atomic E-state index is 0.0471. The molecule has 7 N–H and O–H groups in total. The first-order chi connectivity index (χ1) is 16.0. The first-order valence-corrected chi connectivity index (χ1v) is 11.2. The Hall–Kier alpha value is -3.43. The maximum Gasteiger partial charge on any atom is 0.255 e. The third-order valence-corrected chi connectivity index (χ3v) is 7.94. The van der Waals surface area contributed by atoms with Crippen LogP contribution in [0.2, 0.25) is 0 Å². The molecule has 0 fully saturated rings. The van der Waals surface area contributed by atoms with E-state index in [0.29, 0.717) is 11.1 Å². The number of fused-ring (bicyclic) bond motifs is 3. The highest BCUT2D eigenvalue weighted by Crippen LogP contribution is 2.55. The lowest BCUT2D eigenvalue weighted by Gasteiger charge is -2.50. The van der Waals surface area contributed by atoms with E-state index < -0.39 is 70.4 Å². The van der Waals surface area contributed by atoms with Gasteiger partial charge in [0.1, 0.15) is 22.8 Å². The van der Waals surface area contributed by atoms with Crippen LogP contribution in [0.3, 0.4) is 0 Å². The number of aromatic hydroxyl groups is 1. The first-order valence-electron chi connectivity index (χ1n) is 11.2. The monoisotopic (exact) mass is 467 g/mol. The van der Waals surface area contributed by atoms with Crippen LogP contribution in [0.1, 0.15) is 59.5 Å². The molecule has 0 heterocycles. The second-order valence-corrected chi connectivity index (χ2v) is 9.57. The molecule has 1 unspecified atom stereocenters. The fourth-order valence-corrected chi connectivity index (χ4v) is 6.20. The number of ketones is 2. The van der Waals surface area contributed by atoms with Crippen molar-refractivity contribution in [1.29, 1.82) is 0 Å². The third-order valence-electron chi connectivity index (χ3n) is 7.94. The zero-order valence-electron chi connectivity index (χ0n) is 18.4. The molecule has 0 saturated carbocycles. The van der Waals surface area contributed by atoms with E-state index in [4.69, 9.17) is 5.73 Å². The van der Waals surface area contributed by atoms with Gasteiger partial charge in [0.2, 0.25) is 5.78 Å². The molecule has 0 aromatic heterocycles. The number of nitrogens with two attached hydrogens (primary N) is 1. The van der Waals surface area contributed by atoms with Crippen molar-refractivity contribution in [3.63, 3.8) is 0 Å². The Bertz CT molecular complexity index is 1260. The minimum atomic E-state index is -2.82. The number of benzene rings is 1. The van der Waals surface area contributed by atoms with E-state index in [0.717, 1.165) is 12.8 Å². The molecule has 34 heavy (non-hydrogen) atoms. The Morgan fingerprint density at radius 1 is 1.15 bits per heavy atom. The molecule has 1 aromatic carbocycles. The van der Waals surface area contributed by atoms with Crippen molar-refractivity contribution < 1.29 is 39.9 Å². The van der Waals surface area contributed by atoms with E-state index in [9.17, 15) is 39.9 Å². The van der Waals surface area contributed by atoms with E-state index in [-0.39, 0.29) is 22.8 Å². The highest BCUT2D eigenvalue weighted by atomic mass is 16.4. The first kappa shape index (κ1) is 22.4. The lowest BCUT2D eigenvalue weighted by molar-refractivity contribution is -0.154. The number of carbonyl (C=O) groups excluding carboxylic acids is 3. The minimum Gasteiger partial charge on any atom is -0.511 e. The zero-order chi connectivity index (χ0) is 24.7. The van der Waals surface area contributed by atoms with Crippen molar-refractivity contribution >= 4 is 17.5 Å². The molecule has 0 bridgehead atoms. The molecule has 1 amide bonds. The standard InChI is InChI=1S/C25H25NO8/c1-9-11-6-7-12(10-4-2-3-5-10)19(28)16(11)21(30)18-15(9)20(29)13-8-14(27)17(24(26)33)22(31)25(13,34)23(18)32/h2,4,6-7,9-10,13,15,20,27-29,32,34H,3,5,8H2,1H3,(H2,26,33)/t9-,10?,13+,15+,20+,25+/m0/s1. The summed E-state index contributed by atoms with van der Waals surface area (Å²) in [7, 11) is 0. The number of phenolic OH excluding ortho intramolecular Hbond substituents is 1. The average Bonchev–Trinajstić information content (AvgIpc) is 3.31. The number of rotatable bonds is 2. The summed E-state index contributed by atoms with van der Waals surface area (Å²) in [5.74, 6) is -8.49. The number of amides is 1. The fourth-order valence-electron chi connectivity index (χ4n) is 6.20. The van der Waals surface area contributed by atoms with E-state index in [1.807, 2.05) is 12.2 Å². The molecule has 178 valence electrons. The number of Topliss-reactive ketones (excluding diaryl/α,β-unsaturated/α-hetero) is 2. The van der Waals surface area contributed by atoms with Crippen molar-refractivity contribution in [3.8, 4) is 5.75 Å². The third kappa shape index (κ3) is 2.65. The molecule has 5 rings (SSSR count). The molecule has 9 heteroatoms. The Morgan fingerprint density at radius 3 is 2.44 bits per heavy atom. The van der Waals surface area contributed by atoms with E-state index in [1.165, 1.54) is 0 Å². The van der Waals surface area contributed by atoms with Gasteiger partial charge in [-0.2, -0.15) is 0 Å². The van der Waals surface area contributed by atoms with Crippen LogP contribution in [0, 0.1) is 11.8 Å². The zero-order valence-corrected chi connectivity index (χ0v) is 18.4. The van der Waals surface area contributed by atoms with Gasteiger partial charge in [0.15, 0.2) is 11.4 Å². The lowest BCUT2D eigenvalue weighted by atomic mass is 9.56. The summed E-state index contributed by atoms with van der Waals surface area (Å²) >= 11 is 0. The summed E-state index contributed by atoms with van der Waals surface area (Å²) in [6, 6.07) is 3.46. The summed E-state index contributed by atoms with van der Waals surface area (Å²) in [6.45, 7) is 1.71. The van der Waals surface area contributed by atoms with Gasteiger partial charge in [0.05, 0.1) is 11.7 Å². The van der Waals surface area contributed by atoms with Gasteiger partial charge in [-0.3, -0.25) is 14.4 Å². The highest BCUT2D eigenvalue weighted by Gasteiger charge is 2.64. The Balaban J connectivity index is 1.72. The van der Waals surface area contributed by atoms with E-state index in [2.05, 4.69) is 0 Å². The van der Waals surface area contributed by atoms with Crippen molar-refractivity contribution in [2.45, 2.75) is 49.7 Å². The van der Waals surface area contributed by atoms with Gasteiger partial charge >= 0.3 is 0 Å². The number of aliphatic hydroxyl groups excluding tert-OH is 3.